The van der Waals surface area contributed by atoms with Crippen molar-refractivity contribution >= 4 is 34.8 Å². The minimum atomic E-state index is -0.275. The normalized spacial score (nSPS) is 11.5. The van der Waals surface area contributed by atoms with E-state index in [1.807, 2.05) is 86.3 Å². The highest BCUT2D eigenvalue weighted by atomic mass is 35.5. The van der Waals surface area contributed by atoms with Crippen molar-refractivity contribution in [1.82, 2.24) is 4.90 Å². The van der Waals surface area contributed by atoms with Gasteiger partial charge in [0.05, 0.1) is 16.6 Å². The standard InChI is InChI=1S/C27H30ClN3O2/c1-5-26(32)31(19(2)20-11-7-6-8-12-20)18-21-17-22(15-16-25(21)30(3)4)29-27(33)23-13-9-10-14-24(23)28/h6-17,19H,5,18H2,1-4H3,(H,29,33). The lowest BCUT2D eigenvalue weighted by Gasteiger charge is -2.31. The van der Waals surface area contributed by atoms with Gasteiger partial charge in [0.15, 0.2) is 0 Å². The molecule has 3 aromatic rings. The van der Waals surface area contributed by atoms with Crippen molar-refractivity contribution in [2.24, 2.45) is 0 Å². The molecule has 3 aromatic carbocycles. The molecule has 0 saturated heterocycles. The van der Waals surface area contributed by atoms with E-state index in [2.05, 4.69) is 5.32 Å². The van der Waals surface area contributed by atoms with Crippen molar-refractivity contribution in [2.45, 2.75) is 32.9 Å². The van der Waals surface area contributed by atoms with Crippen LogP contribution in [0.15, 0.2) is 72.8 Å². The van der Waals surface area contributed by atoms with Gasteiger partial charge in [-0.15, -0.1) is 0 Å². The summed E-state index contributed by atoms with van der Waals surface area (Å²) < 4.78 is 0. The highest BCUT2D eigenvalue weighted by Crippen LogP contribution is 2.29. The minimum absolute atomic E-state index is 0.0709. The molecule has 0 bridgehead atoms. The van der Waals surface area contributed by atoms with Crippen molar-refractivity contribution in [3.63, 3.8) is 0 Å². The van der Waals surface area contributed by atoms with E-state index in [1.54, 1.807) is 24.3 Å². The second-order valence-corrected chi connectivity index (χ2v) is 8.54. The molecule has 0 aromatic heterocycles. The van der Waals surface area contributed by atoms with E-state index in [1.165, 1.54) is 0 Å². The zero-order valence-electron chi connectivity index (χ0n) is 19.5. The van der Waals surface area contributed by atoms with Crippen LogP contribution in [0.1, 0.15) is 47.8 Å². The summed E-state index contributed by atoms with van der Waals surface area (Å²) in [5, 5.41) is 3.34. The van der Waals surface area contributed by atoms with Crippen LogP contribution in [-0.2, 0) is 11.3 Å². The predicted octanol–water partition coefficient (Wildman–Crippen LogP) is 6.16. The fourth-order valence-electron chi connectivity index (χ4n) is 3.81. The molecule has 2 amide bonds. The molecule has 0 spiro atoms. The predicted molar refractivity (Wildman–Crippen MR) is 136 cm³/mol. The molecular formula is C27H30ClN3O2. The highest BCUT2D eigenvalue weighted by molar-refractivity contribution is 6.34. The number of rotatable bonds is 8. The van der Waals surface area contributed by atoms with Crippen molar-refractivity contribution in [3.8, 4) is 0 Å². The Morgan fingerprint density at radius 3 is 2.27 bits per heavy atom. The van der Waals surface area contributed by atoms with Crippen LogP contribution < -0.4 is 10.2 Å². The number of halogens is 1. The van der Waals surface area contributed by atoms with Crippen molar-refractivity contribution in [2.75, 3.05) is 24.3 Å². The zero-order valence-corrected chi connectivity index (χ0v) is 20.3. The monoisotopic (exact) mass is 463 g/mol. The molecule has 1 unspecified atom stereocenters. The maximum atomic E-state index is 12.9. The first-order valence-electron chi connectivity index (χ1n) is 11.0. The van der Waals surface area contributed by atoms with Crippen LogP contribution in [0.25, 0.3) is 0 Å². The second kappa shape index (κ2) is 11.0. The maximum Gasteiger partial charge on any atom is 0.257 e. The van der Waals surface area contributed by atoms with Gasteiger partial charge in [0.25, 0.3) is 5.91 Å². The van der Waals surface area contributed by atoms with Crippen LogP contribution in [0.3, 0.4) is 0 Å². The summed E-state index contributed by atoms with van der Waals surface area (Å²) in [5.41, 5.74) is 4.07. The van der Waals surface area contributed by atoms with Gasteiger partial charge in [0.1, 0.15) is 0 Å². The molecule has 0 aliphatic carbocycles. The molecule has 0 fully saturated rings. The Labute approximate surface area is 201 Å². The Morgan fingerprint density at radius 1 is 0.970 bits per heavy atom. The first kappa shape index (κ1) is 24.3. The van der Waals surface area contributed by atoms with Crippen molar-refractivity contribution in [3.05, 3.63) is 94.5 Å². The number of anilines is 2. The van der Waals surface area contributed by atoms with E-state index in [0.717, 1.165) is 16.8 Å². The van der Waals surface area contributed by atoms with Crippen LogP contribution in [0.2, 0.25) is 5.02 Å². The second-order valence-electron chi connectivity index (χ2n) is 8.13. The van der Waals surface area contributed by atoms with Gasteiger partial charge in [-0.2, -0.15) is 0 Å². The third-order valence-corrected chi connectivity index (χ3v) is 5.98. The lowest BCUT2D eigenvalue weighted by molar-refractivity contribution is -0.133. The number of hydrogen-bond acceptors (Lipinski definition) is 3. The van der Waals surface area contributed by atoms with Crippen LogP contribution in [-0.4, -0.2) is 30.8 Å². The first-order valence-corrected chi connectivity index (χ1v) is 11.4. The van der Waals surface area contributed by atoms with Crippen molar-refractivity contribution in [1.29, 1.82) is 0 Å². The van der Waals surface area contributed by atoms with E-state index in [9.17, 15) is 9.59 Å². The van der Waals surface area contributed by atoms with Gasteiger partial charge >= 0.3 is 0 Å². The number of amides is 2. The lowest BCUT2D eigenvalue weighted by Crippen LogP contribution is -2.33. The van der Waals surface area contributed by atoms with Gasteiger partial charge in [-0.25, -0.2) is 0 Å². The molecule has 33 heavy (non-hydrogen) atoms. The summed E-state index contributed by atoms with van der Waals surface area (Å²) in [5.74, 6) is -0.204. The molecular weight excluding hydrogens is 434 g/mol. The molecule has 5 nitrogen and oxygen atoms in total. The SMILES string of the molecule is CCC(=O)N(Cc1cc(NC(=O)c2ccccc2Cl)ccc1N(C)C)C(C)c1ccccc1. The van der Waals surface area contributed by atoms with Gasteiger partial charge in [-0.3, -0.25) is 9.59 Å². The summed E-state index contributed by atoms with van der Waals surface area (Å²) in [6, 6.07) is 22.6. The van der Waals surface area contributed by atoms with Crippen LogP contribution >= 0.6 is 11.6 Å². The molecule has 0 heterocycles. The van der Waals surface area contributed by atoms with E-state index in [4.69, 9.17) is 11.6 Å². The Balaban J connectivity index is 1.93. The largest absolute Gasteiger partial charge is 0.377 e. The summed E-state index contributed by atoms with van der Waals surface area (Å²) in [7, 11) is 3.93. The minimum Gasteiger partial charge on any atom is -0.377 e. The quantitative estimate of drug-likeness (QED) is 0.435. The van der Waals surface area contributed by atoms with Gasteiger partial charge in [0, 0.05) is 38.4 Å². The Morgan fingerprint density at radius 2 is 1.64 bits per heavy atom. The topological polar surface area (TPSA) is 52.7 Å². The number of nitrogens with one attached hydrogen (secondary N) is 1. The molecule has 6 heteroatoms. The fraction of sp³-hybridized carbons (Fsp3) is 0.259. The van der Waals surface area contributed by atoms with E-state index in [-0.39, 0.29) is 17.9 Å². The van der Waals surface area contributed by atoms with E-state index >= 15 is 0 Å². The smallest absolute Gasteiger partial charge is 0.257 e. The number of nitrogens with zero attached hydrogens (tertiary/aromatic N) is 2. The third kappa shape index (κ3) is 5.93. The first-order chi connectivity index (χ1) is 15.8. The average Bonchev–Trinajstić information content (AvgIpc) is 2.82. The highest BCUT2D eigenvalue weighted by Gasteiger charge is 2.22. The van der Waals surface area contributed by atoms with Crippen molar-refractivity contribution < 1.29 is 9.59 Å². The summed E-state index contributed by atoms with van der Waals surface area (Å²) in [4.78, 5) is 29.6. The van der Waals surface area contributed by atoms with Crippen LogP contribution in [0.5, 0.6) is 0 Å². The molecule has 1 atom stereocenters. The number of hydrogen-bond donors (Lipinski definition) is 1. The number of carbonyl (C=O) groups excluding carboxylic acids is 2. The Bertz CT molecular complexity index is 1120. The molecule has 3 rings (SSSR count). The van der Waals surface area contributed by atoms with Gasteiger partial charge < -0.3 is 15.1 Å². The average molecular weight is 464 g/mol. The lowest BCUT2D eigenvalue weighted by atomic mass is 10.0. The molecule has 1 N–H and O–H groups in total. The zero-order chi connectivity index (χ0) is 24.0. The van der Waals surface area contributed by atoms with Gasteiger partial charge in [0.2, 0.25) is 5.91 Å². The molecule has 0 saturated carbocycles. The summed E-state index contributed by atoms with van der Waals surface area (Å²) in [6.45, 7) is 4.34. The third-order valence-electron chi connectivity index (χ3n) is 5.65. The van der Waals surface area contributed by atoms with E-state index in [0.29, 0.717) is 29.2 Å². The van der Waals surface area contributed by atoms with Gasteiger partial charge in [-0.1, -0.05) is 61.0 Å². The van der Waals surface area contributed by atoms with Crippen LogP contribution in [0.4, 0.5) is 11.4 Å². The summed E-state index contributed by atoms with van der Waals surface area (Å²) in [6.07, 6.45) is 0.414. The van der Waals surface area contributed by atoms with Crippen LogP contribution in [0, 0.1) is 0 Å². The Kier molecular flexibility index (Phi) is 8.12. The summed E-state index contributed by atoms with van der Waals surface area (Å²) >= 11 is 6.18. The Hall–Kier alpha value is -3.31. The molecule has 0 aliphatic heterocycles. The van der Waals surface area contributed by atoms with Gasteiger partial charge in [-0.05, 0) is 48.4 Å². The van der Waals surface area contributed by atoms with E-state index < -0.39 is 0 Å². The molecule has 0 aliphatic rings. The molecule has 172 valence electrons. The number of carbonyl (C=O) groups is 2. The molecule has 0 radical (unpaired) electrons. The fourth-order valence-corrected chi connectivity index (χ4v) is 4.03. The maximum absolute atomic E-state index is 12.9. The number of benzene rings is 3.